The molecular formula is C13H13F3N2O. The molecule has 0 fully saturated rings. The molecule has 0 heterocycles. The fourth-order valence-electron chi connectivity index (χ4n) is 1.51. The zero-order chi connectivity index (χ0) is 14.5. The van der Waals surface area contributed by atoms with Crippen molar-refractivity contribution in [2.75, 3.05) is 0 Å². The number of rotatable bonds is 4. The molecule has 0 aliphatic rings. The summed E-state index contributed by atoms with van der Waals surface area (Å²) >= 11 is 0. The summed E-state index contributed by atoms with van der Waals surface area (Å²) in [5, 5.41) is 11.1. The molecule has 0 saturated carbocycles. The highest BCUT2D eigenvalue weighted by Crippen LogP contribution is 2.29. The van der Waals surface area contributed by atoms with Crippen LogP contribution in [0, 0.1) is 11.3 Å². The first-order valence-electron chi connectivity index (χ1n) is 5.73. The highest BCUT2D eigenvalue weighted by Gasteiger charge is 2.30. The van der Waals surface area contributed by atoms with Gasteiger partial charge in [0.05, 0.1) is 18.1 Å². The molecule has 1 aromatic carbocycles. The Bertz CT molecular complexity index is 491. The molecule has 1 aromatic rings. The molecular weight excluding hydrogens is 257 g/mol. The molecule has 1 unspecified atom stereocenters. The fraction of sp³-hybridized carbons (Fsp3) is 0.385. The van der Waals surface area contributed by atoms with E-state index in [2.05, 4.69) is 5.32 Å². The summed E-state index contributed by atoms with van der Waals surface area (Å²) in [6.45, 7) is 1.79. The van der Waals surface area contributed by atoms with Gasteiger partial charge in [0, 0.05) is 11.6 Å². The summed E-state index contributed by atoms with van der Waals surface area (Å²) in [4.78, 5) is 11.8. The van der Waals surface area contributed by atoms with E-state index in [1.807, 2.05) is 6.07 Å². The number of halogens is 3. The minimum Gasteiger partial charge on any atom is -0.348 e. The van der Waals surface area contributed by atoms with Gasteiger partial charge in [-0.05, 0) is 24.6 Å². The number of nitrogens with one attached hydrogen (secondary N) is 1. The van der Waals surface area contributed by atoms with E-state index in [1.165, 1.54) is 12.1 Å². The van der Waals surface area contributed by atoms with Crippen LogP contribution in [0.4, 0.5) is 13.2 Å². The van der Waals surface area contributed by atoms with Crippen molar-refractivity contribution in [2.45, 2.75) is 32.0 Å². The second-order valence-corrected chi connectivity index (χ2v) is 4.02. The van der Waals surface area contributed by atoms with Crippen LogP contribution < -0.4 is 5.32 Å². The lowest BCUT2D eigenvalue weighted by atomic mass is 10.1. The summed E-state index contributed by atoms with van der Waals surface area (Å²) in [6, 6.07) is 5.76. The number of amides is 1. The molecule has 1 amide bonds. The van der Waals surface area contributed by atoms with Crippen molar-refractivity contribution >= 4 is 5.91 Å². The second-order valence-electron chi connectivity index (χ2n) is 4.02. The number of nitrogens with zero attached hydrogens (tertiary/aromatic N) is 1. The molecule has 0 aromatic heterocycles. The van der Waals surface area contributed by atoms with Gasteiger partial charge >= 0.3 is 6.18 Å². The summed E-state index contributed by atoms with van der Waals surface area (Å²) in [6.07, 6.45) is -3.81. The maximum Gasteiger partial charge on any atom is 0.416 e. The Morgan fingerprint density at radius 2 is 2.16 bits per heavy atom. The Kier molecular flexibility index (Phi) is 4.93. The molecule has 19 heavy (non-hydrogen) atoms. The van der Waals surface area contributed by atoms with E-state index in [0.29, 0.717) is 6.42 Å². The van der Waals surface area contributed by atoms with Crippen molar-refractivity contribution in [3.63, 3.8) is 0 Å². The Labute approximate surface area is 109 Å². The largest absolute Gasteiger partial charge is 0.416 e. The predicted molar refractivity (Wildman–Crippen MR) is 63.2 cm³/mol. The minimum atomic E-state index is -4.48. The maximum absolute atomic E-state index is 12.5. The van der Waals surface area contributed by atoms with Crippen LogP contribution in [-0.2, 0) is 6.18 Å². The SMILES string of the molecule is CCC(CC#N)NC(=O)c1cccc(C(F)(F)F)c1. The molecule has 6 heteroatoms. The molecule has 0 spiro atoms. The molecule has 1 rings (SSSR count). The van der Waals surface area contributed by atoms with Gasteiger partial charge in [-0.3, -0.25) is 4.79 Å². The lowest BCUT2D eigenvalue weighted by Crippen LogP contribution is -2.34. The highest BCUT2D eigenvalue weighted by atomic mass is 19.4. The van der Waals surface area contributed by atoms with Crippen molar-refractivity contribution in [2.24, 2.45) is 0 Å². The number of hydrogen-bond donors (Lipinski definition) is 1. The summed E-state index contributed by atoms with van der Waals surface area (Å²) in [7, 11) is 0. The number of hydrogen-bond acceptors (Lipinski definition) is 2. The van der Waals surface area contributed by atoms with Gasteiger partial charge in [0.25, 0.3) is 5.91 Å². The number of nitriles is 1. The zero-order valence-electron chi connectivity index (χ0n) is 10.3. The van der Waals surface area contributed by atoms with E-state index in [-0.39, 0.29) is 18.0 Å². The topological polar surface area (TPSA) is 52.9 Å². The minimum absolute atomic E-state index is 0.0637. The molecule has 1 atom stereocenters. The van der Waals surface area contributed by atoms with Gasteiger partial charge in [-0.15, -0.1) is 0 Å². The van der Waals surface area contributed by atoms with E-state index < -0.39 is 17.6 Å². The van der Waals surface area contributed by atoms with Crippen molar-refractivity contribution in [1.82, 2.24) is 5.32 Å². The van der Waals surface area contributed by atoms with Gasteiger partial charge in [0.15, 0.2) is 0 Å². The summed E-state index contributed by atoms with van der Waals surface area (Å²) < 4.78 is 37.5. The van der Waals surface area contributed by atoms with E-state index in [1.54, 1.807) is 6.92 Å². The lowest BCUT2D eigenvalue weighted by Gasteiger charge is -2.14. The first-order valence-corrected chi connectivity index (χ1v) is 5.73. The van der Waals surface area contributed by atoms with Gasteiger partial charge in [-0.25, -0.2) is 0 Å². The third-order valence-electron chi connectivity index (χ3n) is 2.62. The third kappa shape index (κ3) is 4.28. The average molecular weight is 270 g/mol. The van der Waals surface area contributed by atoms with Gasteiger partial charge in [0.2, 0.25) is 0 Å². The molecule has 0 aliphatic carbocycles. The van der Waals surface area contributed by atoms with Crippen LogP contribution in [0.3, 0.4) is 0 Å². The molecule has 3 nitrogen and oxygen atoms in total. The highest BCUT2D eigenvalue weighted by molar-refractivity contribution is 5.94. The number of carbonyl (C=O) groups excluding carboxylic acids is 1. The Morgan fingerprint density at radius 1 is 1.47 bits per heavy atom. The van der Waals surface area contributed by atoms with Crippen LogP contribution in [0.2, 0.25) is 0 Å². The monoisotopic (exact) mass is 270 g/mol. The Morgan fingerprint density at radius 3 is 2.68 bits per heavy atom. The van der Waals surface area contributed by atoms with Crippen molar-refractivity contribution in [1.29, 1.82) is 5.26 Å². The first-order chi connectivity index (χ1) is 8.88. The third-order valence-corrected chi connectivity index (χ3v) is 2.62. The van der Waals surface area contributed by atoms with Crippen molar-refractivity contribution in [3.8, 4) is 6.07 Å². The molecule has 0 aliphatic heterocycles. The first kappa shape index (κ1) is 15.0. The molecule has 0 radical (unpaired) electrons. The van der Waals surface area contributed by atoms with E-state index >= 15 is 0 Å². The smallest absolute Gasteiger partial charge is 0.348 e. The average Bonchev–Trinajstić information content (AvgIpc) is 2.37. The van der Waals surface area contributed by atoms with Crippen LogP contribution in [-0.4, -0.2) is 11.9 Å². The van der Waals surface area contributed by atoms with E-state index in [4.69, 9.17) is 5.26 Å². The molecule has 0 bridgehead atoms. The Hall–Kier alpha value is -2.03. The molecule has 0 saturated heterocycles. The van der Waals surface area contributed by atoms with Crippen molar-refractivity contribution in [3.05, 3.63) is 35.4 Å². The van der Waals surface area contributed by atoms with Crippen LogP contribution in [0.25, 0.3) is 0 Å². The normalized spacial score (nSPS) is 12.6. The van der Waals surface area contributed by atoms with Crippen LogP contribution >= 0.6 is 0 Å². The summed E-state index contributed by atoms with van der Waals surface area (Å²) in [5.74, 6) is -0.604. The molecule has 1 N–H and O–H groups in total. The quantitative estimate of drug-likeness (QED) is 0.913. The standard InChI is InChI=1S/C13H13F3N2O/c1-2-11(6-7-17)18-12(19)9-4-3-5-10(8-9)13(14,15)16/h3-5,8,11H,2,6H2,1H3,(H,18,19). The summed E-state index contributed by atoms with van der Waals surface area (Å²) in [5.41, 5.74) is -0.931. The number of alkyl halides is 3. The fourth-order valence-corrected chi connectivity index (χ4v) is 1.51. The van der Waals surface area contributed by atoms with Crippen LogP contribution in [0.1, 0.15) is 35.7 Å². The number of benzene rings is 1. The van der Waals surface area contributed by atoms with E-state index in [9.17, 15) is 18.0 Å². The van der Waals surface area contributed by atoms with Gasteiger partial charge in [-0.2, -0.15) is 18.4 Å². The maximum atomic E-state index is 12.5. The zero-order valence-corrected chi connectivity index (χ0v) is 10.3. The van der Waals surface area contributed by atoms with Crippen LogP contribution in [0.5, 0.6) is 0 Å². The van der Waals surface area contributed by atoms with E-state index in [0.717, 1.165) is 12.1 Å². The Balaban J connectivity index is 2.86. The van der Waals surface area contributed by atoms with Crippen LogP contribution in [0.15, 0.2) is 24.3 Å². The lowest BCUT2D eigenvalue weighted by molar-refractivity contribution is -0.137. The van der Waals surface area contributed by atoms with Gasteiger partial charge < -0.3 is 5.32 Å². The van der Waals surface area contributed by atoms with Crippen molar-refractivity contribution < 1.29 is 18.0 Å². The molecule has 102 valence electrons. The second kappa shape index (κ2) is 6.23. The van der Waals surface area contributed by atoms with Gasteiger partial charge in [-0.1, -0.05) is 13.0 Å². The van der Waals surface area contributed by atoms with Gasteiger partial charge in [0.1, 0.15) is 0 Å². The number of carbonyl (C=O) groups is 1. The predicted octanol–water partition coefficient (Wildman–Crippen LogP) is 3.13.